The zero-order valence-corrected chi connectivity index (χ0v) is 15.8. The Morgan fingerprint density at radius 3 is 2.54 bits per heavy atom. The molecule has 0 atom stereocenters. The maximum atomic E-state index is 13.4. The van der Waals surface area contributed by atoms with E-state index in [1.807, 2.05) is 6.07 Å². The van der Waals surface area contributed by atoms with Gasteiger partial charge in [-0.2, -0.15) is 0 Å². The summed E-state index contributed by atoms with van der Waals surface area (Å²) in [7, 11) is 2.14. The lowest BCUT2D eigenvalue weighted by molar-refractivity contribution is 0.0995. The number of carbonyl (C=O) groups excluding carboxylic acids is 1. The van der Waals surface area contributed by atoms with Crippen LogP contribution in [0.2, 0.25) is 0 Å². The molecule has 2 aromatic heterocycles. The minimum absolute atomic E-state index is 0.226. The second-order valence-corrected chi connectivity index (χ2v) is 7.39. The molecule has 28 heavy (non-hydrogen) atoms. The number of amides is 1. The second-order valence-electron chi connectivity index (χ2n) is 7.39. The third-order valence-electron chi connectivity index (χ3n) is 5.45. The van der Waals surface area contributed by atoms with Gasteiger partial charge in [0.25, 0.3) is 5.91 Å². The Hall–Kier alpha value is -2.99. The monoisotopic (exact) mass is 378 g/mol. The van der Waals surface area contributed by atoms with Crippen molar-refractivity contribution in [2.45, 2.75) is 18.8 Å². The van der Waals surface area contributed by atoms with E-state index in [9.17, 15) is 9.18 Å². The van der Waals surface area contributed by atoms with Gasteiger partial charge in [0.1, 0.15) is 11.5 Å². The van der Waals surface area contributed by atoms with E-state index >= 15 is 0 Å². The van der Waals surface area contributed by atoms with Crippen molar-refractivity contribution < 1.29 is 9.18 Å². The maximum Gasteiger partial charge on any atom is 0.267 e. The zero-order chi connectivity index (χ0) is 19.7. The van der Waals surface area contributed by atoms with Crippen LogP contribution in [0.15, 0.2) is 48.7 Å². The second kappa shape index (κ2) is 7.56. The SMILES string of the molecule is CN1CCC(c2cc(-c3ccnc(C(N)=O)c3)c(-c3ccc(F)cc3)[nH]2)CC1. The number of piperidine rings is 1. The van der Waals surface area contributed by atoms with Gasteiger partial charge in [-0.05, 0) is 86.6 Å². The number of aromatic nitrogens is 2. The Bertz CT molecular complexity index is 988. The number of halogens is 1. The van der Waals surface area contributed by atoms with Crippen LogP contribution in [0.4, 0.5) is 4.39 Å². The lowest BCUT2D eigenvalue weighted by Gasteiger charge is -2.28. The van der Waals surface area contributed by atoms with Gasteiger partial charge < -0.3 is 15.6 Å². The molecule has 144 valence electrons. The Kier molecular flexibility index (Phi) is 4.96. The summed E-state index contributed by atoms with van der Waals surface area (Å²) in [5, 5.41) is 0. The van der Waals surface area contributed by atoms with Crippen LogP contribution in [0.1, 0.15) is 34.9 Å². The van der Waals surface area contributed by atoms with Crippen LogP contribution in [0.25, 0.3) is 22.4 Å². The van der Waals surface area contributed by atoms with Gasteiger partial charge in [-0.15, -0.1) is 0 Å². The molecule has 1 amide bonds. The normalized spacial score (nSPS) is 15.6. The number of likely N-dealkylation sites (tertiary alicyclic amines) is 1. The molecular weight excluding hydrogens is 355 g/mol. The van der Waals surface area contributed by atoms with Gasteiger partial charge in [0, 0.05) is 23.4 Å². The van der Waals surface area contributed by atoms with Crippen LogP contribution in [0.5, 0.6) is 0 Å². The summed E-state index contributed by atoms with van der Waals surface area (Å²) in [6, 6.07) is 12.2. The number of hydrogen-bond donors (Lipinski definition) is 2. The predicted octanol–water partition coefficient (Wildman–Crippen LogP) is 3.79. The summed E-state index contributed by atoms with van der Waals surface area (Å²) >= 11 is 0. The smallest absolute Gasteiger partial charge is 0.267 e. The highest BCUT2D eigenvalue weighted by Gasteiger charge is 2.22. The molecule has 0 radical (unpaired) electrons. The fourth-order valence-electron chi connectivity index (χ4n) is 3.82. The Morgan fingerprint density at radius 1 is 1.14 bits per heavy atom. The van der Waals surface area contributed by atoms with Gasteiger partial charge in [-0.1, -0.05) is 0 Å². The molecule has 0 saturated carbocycles. The molecule has 0 unspecified atom stereocenters. The largest absolute Gasteiger partial charge is 0.364 e. The molecule has 3 N–H and O–H groups in total. The van der Waals surface area contributed by atoms with Crippen molar-refractivity contribution in [3.8, 4) is 22.4 Å². The van der Waals surface area contributed by atoms with E-state index in [1.54, 1.807) is 24.4 Å². The Labute approximate surface area is 163 Å². The first-order valence-corrected chi connectivity index (χ1v) is 9.45. The summed E-state index contributed by atoms with van der Waals surface area (Å²) in [6.45, 7) is 2.12. The fraction of sp³-hybridized carbons (Fsp3) is 0.273. The number of nitrogens with zero attached hydrogens (tertiary/aromatic N) is 2. The molecule has 0 spiro atoms. The van der Waals surface area contributed by atoms with E-state index in [0.717, 1.165) is 48.3 Å². The number of H-pyrrole nitrogens is 1. The number of primary amides is 1. The molecule has 0 bridgehead atoms. The van der Waals surface area contributed by atoms with Crippen molar-refractivity contribution in [2.24, 2.45) is 5.73 Å². The minimum atomic E-state index is -0.559. The molecule has 1 aromatic carbocycles. The molecule has 5 nitrogen and oxygen atoms in total. The van der Waals surface area contributed by atoms with Gasteiger partial charge in [0.15, 0.2) is 0 Å². The third kappa shape index (κ3) is 3.68. The summed E-state index contributed by atoms with van der Waals surface area (Å²) in [5.74, 6) is -0.384. The first-order chi connectivity index (χ1) is 13.5. The Morgan fingerprint density at radius 2 is 1.86 bits per heavy atom. The number of aromatic amines is 1. The summed E-state index contributed by atoms with van der Waals surface area (Å²) in [6.07, 6.45) is 3.76. The van der Waals surface area contributed by atoms with Gasteiger partial charge >= 0.3 is 0 Å². The maximum absolute atomic E-state index is 13.4. The minimum Gasteiger partial charge on any atom is -0.364 e. The van der Waals surface area contributed by atoms with Gasteiger partial charge in [-0.3, -0.25) is 9.78 Å². The predicted molar refractivity (Wildman–Crippen MR) is 107 cm³/mol. The fourth-order valence-corrected chi connectivity index (χ4v) is 3.82. The first-order valence-electron chi connectivity index (χ1n) is 9.45. The van der Waals surface area contributed by atoms with Crippen molar-refractivity contribution in [1.82, 2.24) is 14.9 Å². The van der Waals surface area contributed by atoms with Gasteiger partial charge in [-0.25, -0.2) is 4.39 Å². The quantitative estimate of drug-likeness (QED) is 0.725. The van der Waals surface area contributed by atoms with Crippen LogP contribution in [-0.4, -0.2) is 40.9 Å². The number of hydrogen-bond acceptors (Lipinski definition) is 3. The van der Waals surface area contributed by atoms with Crippen molar-refractivity contribution in [2.75, 3.05) is 20.1 Å². The van der Waals surface area contributed by atoms with E-state index in [0.29, 0.717) is 5.92 Å². The molecule has 4 rings (SSSR count). The number of rotatable bonds is 4. The molecule has 1 aliphatic heterocycles. The summed E-state index contributed by atoms with van der Waals surface area (Å²) in [5.41, 5.74) is 10.4. The summed E-state index contributed by atoms with van der Waals surface area (Å²) in [4.78, 5) is 21.5. The van der Waals surface area contributed by atoms with E-state index < -0.39 is 5.91 Å². The van der Waals surface area contributed by atoms with Crippen LogP contribution < -0.4 is 5.73 Å². The van der Waals surface area contributed by atoms with Crippen molar-refractivity contribution in [3.05, 3.63) is 65.9 Å². The average Bonchev–Trinajstić information content (AvgIpc) is 3.14. The molecule has 3 aromatic rings. The highest BCUT2D eigenvalue weighted by Crippen LogP contribution is 2.37. The van der Waals surface area contributed by atoms with Crippen molar-refractivity contribution >= 4 is 5.91 Å². The third-order valence-corrected chi connectivity index (χ3v) is 5.45. The van der Waals surface area contributed by atoms with E-state index in [2.05, 4.69) is 28.0 Å². The van der Waals surface area contributed by atoms with Gasteiger partial charge in [0.05, 0.1) is 5.69 Å². The lowest BCUT2D eigenvalue weighted by atomic mass is 9.93. The van der Waals surface area contributed by atoms with E-state index in [1.165, 1.54) is 17.8 Å². The number of benzene rings is 1. The van der Waals surface area contributed by atoms with Crippen molar-refractivity contribution in [1.29, 1.82) is 0 Å². The van der Waals surface area contributed by atoms with Crippen LogP contribution in [-0.2, 0) is 0 Å². The number of nitrogens with two attached hydrogens (primary N) is 1. The van der Waals surface area contributed by atoms with Gasteiger partial charge in [0.2, 0.25) is 0 Å². The Balaban J connectivity index is 1.80. The molecule has 0 aliphatic carbocycles. The van der Waals surface area contributed by atoms with Crippen LogP contribution in [0.3, 0.4) is 0 Å². The first kappa shape index (κ1) is 18.4. The molecule has 1 fully saturated rings. The zero-order valence-electron chi connectivity index (χ0n) is 15.8. The van der Waals surface area contributed by atoms with E-state index in [4.69, 9.17) is 5.73 Å². The number of nitrogens with one attached hydrogen (secondary N) is 1. The summed E-state index contributed by atoms with van der Waals surface area (Å²) < 4.78 is 13.4. The van der Waals surface area contributed by atoms with Crippen molar-refractivity contribution in [3.63, 3.8) is 0 Å². The molecule has 3 heterocycles. The molecule has 1 saturated heterocycles. The molecule has 1 aliphatic rings. The lowest BCUT2D eigenvalue weighted by Crippen LogP contribution is -2.29. The number of carbonyl (C=O) groups is 1. The topological polar surface area (TPSA) is 75.0 Å². The standard InChI is InChI=1S/C22H23FN4O/c1-27-10-7-14(8-11-27)19-13-18(16-6-9-25-20(12-16)22(24)28)21(26-19)15-2-4-17(23)5-3-15/h2-6,9,12-14,26H,7-8,10-11H2,1H3,(H2,24,28). The van der Waals surface area contributed by atoms with E-state index in [-0.39, 0.29) is 11.5 Å². The molecular formula is C22H23FN4O. The van der Waals surface area contributed by atoms with Crippen LogP contribution >= 0.6 is 0 Å². The highest BCUT2D eigenvalue weighted by atomic mass is 19.1. The van der Waals surface area contributed by atoms with Crippen LogP contribution in [0, 0.1) is 5.82 Å². The average molecular weight is 378 g/mol. The molecule has 6 heteroatoms. The highest BCUT2D eigenvalue weighted by molar-refractivity contribution is 5.93. The number of pyridine rings is 1.